The zero-order valence-corrected chi connectivity index (χ0v) is 16.9. The molecule has 2 aromatic carbocycles. The van der Waals surface area contributed by atoms with Gasteiger partial charge in [-0.1, -0.05) is 37.0 Å². The second-order valence-corrected chi connectivity index (χ2v) is 7.51. The fourth-order valence-corrected chi connectivity index (χ4v) is 3.26. The van der Waals surface area contributed by atoms with E-state index < -0.39 is 11.9 Å². The largest absolute Gasteiger partial charge is 0.486 e. The second-order valence-electron chi connectivity index (χ2n) is 6.67. The molecule has 28 heavy (non-hydrogen) atoms. The van der Waals surface area contributed by atoms with E-state index in [1.54, 1.807) is 24.3 Å². The molecule has 0 bridgehead atoms. The van der Waals surface area contributed by atoms with Crippen molar-refractivity contribution in [3.63, 3.8) is 0 Å². The average Bonchev–Trinajstić information content (AvgIpc) is 2.65. The van der Waals surface area contributed by atoms with Crippen LogP contribution in [-0.4, -0.2) is 31.1 Å². The van der Waals surface area contributed by atoms with Crippen LogP contribution in [-0.2, 0) is 4.79 Å². The Kier molecular flexibility index (Phi) is 6.31. The van der Waals surface area contributed by atoms with Crippen LogP contribution in [0.2, 0.25) is 10.0 Å². The van der Waals surface area contributed by atoms with Crippen molar-refractivity contribution in [1.82, 2.24) is 5.32 Å². The van der Waals surface area contributed by atoms with Crippen molar-refractivity contribution in [2.24, 2.45) is 5.92 Å². The highest BCUT2D eigenvalue weighted by atomic mass is 35.5. The summed E-state index contributed by atoms with van der Waals surface area (Å²) in [4.78, 5) is 25.4. The van der Waals surface area contributed by atoms with Crippen molar-refractivity contribution in [1.29, 1.82) is 0 Å². The molecule has 0 saturated heterocycles. The summed E-state index contributed by atoms with van der Waals surface area (Å²) in [5, 5.41) is 6.20. The van der Waals surface area contributed by atoms with Crippen molar-refractivity contribution in [3.05, 3.63) is 52.0 Å². The van der Waals surface area contributed by atoms with Gasteiger partial charge in [0.05, 0.1) is 10.6 Å². The van der Waals surface area contributed by atoms with Gasteiger partial charge >= 0.3 is 0 Å². The van der Waals surface area contributed by atoms with Crippen LogP contribution < -0.4 is 20.1 Å². The van der Waals surface area contributed by atoms with Gasteiger partial charge in [-0.3, -0.25) is 9.59 Å². The van der Waals surface area contributed by atoms with E-state index in [1.165, 1.54) is 12.1 Å². The van der Waals surface area contributed by atoms with Gasteiger partial charge in [-0.15, -0.1) is 0 Å². The summed E-state index contributed by atoms with van der Waals surface area (Å²) in [6.45, 7) is 4.64. The molecule has 0 fully saturated rings. The minimum atomic E-state index is -0.757. The van der Waals surface area contributed by atoms with E-state index in [9.17, 15) is 9.59 Å². The molecule has 1 aliphatic heterocycles. The topological polar surface area (TPSA) is 76.7 Å². The number of ether oxygens (including phenoxy) is 2. The Hall–Kier alpha value is -2.44. The number of rotatable bonds is 5. The van der Waals surface area contributed by atoms with E-state index in [4.69, 9.17) is 32.7 Å². The van der Waals surface area contributed by atoms with Gasteiger partial charge in [0.15, 0.2) is 11.5 Å². The summed E-state index contributed by atoms with van der Waals surface area (Å²) >= 11 is 12.0. The minimum absolute atomic E-state index is 0.146. The van der Waals surface area contributed by atoms with Crippen molar-refractivity contribution in [3.8, 4) is 11.5 Å². The van der Waals surface area contributed by atoms with Crippen molar-refractivity contribution >= 4 is 40.7 Å². The fraction of sp³-hybridized carbons (Fsp3) is 0.300. The van der Waals surface area contributed by atoms with Crippen LogP contribution in [0.5, 0.6) is 11.5 Å². The molecule has 1 aliphatic rings. The maximum atomic E-state index is 12.8. The highest BCUT2D eigenvalue weighted by Gasteiger charge is 2.26. The first-order valence-corrected chi connectivity index (χ1v) is 9.57. The Morgan fingerprint density at radius 1 is 1.00 bits per heavy atom. The summed E-state index contributed by atoms with van der Waals surface area (Å²) in [5.74, 6) is 0.271. The third kappa shape index (κ3) is 4.69. The third-order valence-electron chi connectivity index (χ3n) is 4.22. The van der Waals surface area contributed by atoms with Crippen LogP contribution >= 0.6 is 23.2 Å². The van der Waals surface area contributed by atoms with E-state index in [-0.39, 0.29) is 22.4 Å². The van der Waals surface area contributed by atoms with E-state index in [0.717, 1.165) is 0 Å². The molecule has 1 heterocycles. The Balaban J connectivity index is 1.72. The second kappa shape index (κ2) is 8.71. The number of halogens is 2. The number of carbonyl (C=O) groups is 2. The van der Waals surface area contributed by atoms with Crippen molar-refractivity contribution < 1.29 is 19.1 Å². The number of nitrogens with one attached hydrogen (secondary N) is 2. The zero-order chi connectivity index (χ0) is 20.3. The molecule has 0 spiro atoms. The summed E-state index contributed by atoms with van der Waals surface area (Å²) in [7, 11) is 0. The molecule has 8 heteroatoms. The Morgan fingerprint density at radius 3 is 2.39 bits per heavy atom. The van der Waals surface area contributed by atoms with Crippen LogP contribution in [0.4, 0.5) is 5.69 Å². The first kappa shape index (κ1) is 20.3. The fourth-order valence-electron chi connectivity index (χ4n) is 2.77. The van der Waals surface area contributed by atoms with E-state index >= 15 is 0 Å². The van der Waals surface area contributed by atoms with Crippen molar-refractivity contribution in [2.75, 3.05) is 18.5 Å². The minimum Gasteiger partial charge on any atom is -0.486 e. The van der Waals surface area contributed by atoms with Gasteiger partial charge in [0.25, 0.3) is 5.91 Å². The van der Waals surface area contributed by atoms with Gasteiger partial charge in [0.2, 0.25) is 5.91 Å². The monoisotopic (exact) mass is 422 g/mol. The Bertz CT molecular complexity index is 902. The molecular formula is C20H20Cl2N2O4. The maximum absolute atomic E-state index is 12.8. The van der Waals surface area contributed by atoms with Gasteiger partial charge in [-0.2, -0.15) is 0 Å². The lowest BCUT2D eigenvalue weighted by molar-refractivity contribution is -0.118. The first-order valence-electron chi connectivity index (χ1n) is 8.81. The van der Waals surface area contributed by atoms with Gasteiger partial charge in [0, 0.05) is 16.8 Å². The lowest BCUT2D eigenvalue weighted by Gasteiger charge is -2.23. The molecule has 148 valence electrons. The van der Waals surface area contributed by atoms with Crippen molar-refractivity contribution in [2.45, 2.75) is 19.9 Å². The molecule has 1 atom stereocenters. The Morgan fingerprint density at radius 2 is 1.71 bits per heavy atom. The van der Waals surface area contributed by atoms with Crippen LogP contribution in [0.3, 0.4) is 0 Å². The molecule has 3 rings (SSSR count). The molecule has 2 N–H and O–H groups in total. The standard InChI is InChI=1S/C20H20Cl2N2O4/c1-11(2)18(24-19(25)14-5-3-12(21)9-15(14)22)20(26)23-13-4-6-16-17(10-13)28-8-7-27-16/h3-6,9-11,18H,7-8H2,1-2H3,(H,23,26)(H,24,25). The van der Waals surface area contributed by atoms with Gasteiger partial charge in [0.1, 0.15) is 19.3 Å². The number of amides is 2. The van der Waals surface area contributed by atoms with Gasteiger partial charge < -0.3 is 20.1 Å². The number of benzene rings is 2. The SMILES string of the molecule is CC(C)C(NC(=O)c1ccc(Cl)cc1Cl)C(=O)Nc1ccc2c(c1)OCCO2. The lowest BCUT2D eigenvalue weighted by Crippen LogP contribution is -2.47. The van der Waals surface area contributed by atoms with Crippen LogP contribution in [0.1, 0.15) is 24.2 Å². The molecule has 2 amide bonds. The van der Waals surface area contributed by atoms with E-state index in [0.29, 0.717) is 35.4 Å². The van der Waals surface area contributed by atoms with Crippen LogP contribution in [0.25, 0.3) is 0 Å². The Labute approximate surface area is 173 Å². The molecule has 6 nitrogen and oxygen atoms in total. The molecule has 1 unspecified atom stereocenters. The number of fused-ring (bicyclic) bond motifs is 1. The quantitative estimate of drug-likeness (QED) is 0.758. The summed E-state index contributed by atoms with van der Waals surface area (Å²) < 4.78 is 11.0. The summed E-state index contributed by atoms with van der Waals surface area (Å²) in [6, 6.07) is 8.98. The third-order valence-corrected chi connectivity index (χ3v) is 4.77. The molecule has 0 radical (unpaired) electrons. The van der Waals surface area contributed by atoms with E-state index in [2.05, 4.69) is 10.6 Å². The highest BCUT2D eigenvalue weighted by Crippen LogP contribution is 2.32. The number of carbonyl (C=O) groups excluding carboxylic acids is 2. The van der Waals surface area contributed by atoms with Crippen LogP contribution in [0.15, 0.2) is 36.4 Å². The number of anilines is 1. The molecule has 2 aromatic rings. The first-order chi connectivity index (χ1) is 13.3. The predicted molar refractivity (Wildman–Crippen MR) is 109 cm³/mol. The molecule has 0 saturated carbocycles. The van der Waals surface area contributed by atoms with Gasteiger partial charge in [-0.25, -0.2) is 0 Å². The smallest absolute Gasteiger partial charge is 0.253 e. The van der Waals surface area contributed by atoms with Gasteiger partial charge in [-0.05, 0) is 36.2 Å². The summed E-state index contributed by atoms with van der Waals surface area (Å²) in [5.41, 5.74) is 0.808. The maximum Gasteiger partial charge on any atom is 0.253 e. The highest BCUT2D eigenvalue weighted by molar-refractivity contribution is 6.36. The summed E-state index contributed by atoms with van der Waals surface area (Å²) in [6.07, 6.45) is 0. The zero-order valence-electron chi connectivity index (χ0n) is 15.4. The lowest BCUT2D eigenvalue weighted by atomic mass is 10.0. The normalized spacial score (nSPS) is 13.8. The van der Waals surface area contributed by atoms with Crippen LogP contribution in [0, 0.1) is 5.92 Å². The molecule has 0 aromatic heterocycles. The number of hydrogen-bond donors (Lipinski definition) is 2. The average molecular weight is 423 g/mol. The predicted octanol–water partition coefficient (Wildman–Crippen LogP) is 4.16. The molecular weight excluding hydrogens is 403 g/mol. The molecule has 0 aliphatic carbocycles. The van der Waals surface area contributed by atoms with E-state index in [1.807, 2.05) is 13.8 Å². The number of hydrogen-bond acceptors (Lipinski definition) is 4.